The maximum Gasteiger partial charge on any atom is 0.308 e. The molecule has 0 spiro atoms. The molecule has 1 aliphatic carbocycles. The van der Waals surface area contributed by atoms with Crippen molar-refractivity contribution in [2.75, 3.05) is 13.7 Å². The fourth-order valence-electron chi connectivity index (χ4n) is 2.66. The van der Waals surface area contributed by atoms with E-state index >= 15 is 0 Å². The van der Waals surface area contributed by atoms with Gasteiger partial charge in [-0.15, -0.1) is 0 Å². The third-order valence-electron chi connectivity index (χ3n) is 4.29. The molecule has 0 heterocycles. The predicted molar refractivity (Wildman–Crippen MR) is 87.4 cm³/mol. The second-order valence-electron chi connectivity index (χ2n) is 6.41. The van der Waals surface area contributed by atoms with Crippen molar-refractivity contribution in [3.8, 4) is 5.75 Å². The quantitative estimate of drug-likeness (QED) is 0.800. The van der Waals surface area contributed by atoms with E-state index in [-0.39, 0.29) is 17.9 Å². The maximum absolute atomic E-state index is 12.7. The molecule has 1 aromatic rings. The topological polar surface area (TPSA) is 66.8 Å². The molecule has 0 bridgehead atoms. The number of nitrogens with zero attached hydrogens (tertiary/aromatic N) is 1. The lowest BCUT2D eigenvalue weighted by Gasteiger charge is -2.27. The molecule has 5 nitrogen and oxygen atoms in total. The second kappa shape index (κ2) is 7.49. The Morgan fingerprint density at radius 2 is 1.83 bits per heavy atom. The van der Waals surface area contributed by atoms with Crippen LogP contribution < -0.4 is 4.74 Å². The average molecular weight is 319 g/mol. The van der Waals surface area contributed by atoms with Crippen molar-refractivity contribution in [3.05, 3.63) is 29.8 Å². The number of carbonyl (C=O) groups excluding carboxylic acids is 1. The summed E-state index contributed by atoms with van der Waals surface area (Å²) in [6, 6.07) is 7.92. The van der Waals surface area contributed by atoms with Crippen LogP contribution in [-0.2, 0) is 16.0 Å². The predicted octanol–water partition coefficient (Wildman–Crippen LogP) is 2.59. The first-order valence-electron chi connectivity index (χ1n) is 8.08. The van der Waals surface area contributed by atoms with E-state index in [1.54, 1.807) is 18.9 Å². The summed E-state index contributed by atoms with van der Waals surface area (Å²) in [5, 5.41) is 9.09. The third-order valence-corrected chi connectivity index (χ3v) is 4.29. The van der Waals surface area contributed by atoms with Crippen molar-refractivity contribution in [2.45, 2.75) is 39.2 Å². The molecular weight excluding hydrogens is 294 g/mol. The number of carboxylic acids is 1. The Morgan fingerprint density at radius 3 is 2.30 bits per heavy atom. The van der Waals surface area contributed by atoms with Crippen molar-refractivity contribution in [2.24, 2.45) is 11.8 Å². The van der Waals surface area contributed by atoms with Gasteiger partial charge in [0.25, 0.3) is 0 Å². The van der Waals surface area contributed by atoms with Crippen LogP contribution in [0.25, 0.3) is 0 Å². The number of carboxylic acid groups (broad SMARTS) is 1. The fraction of sp³-hybridized carbons (Fsp3) is 0.556. The van der Waals surface area contributed by atoms with Crippen molar-refractivity contribution in [3.63, 3.8) is 0 Å². The van der Waals surface area contributed by atoms with Crippen LogP contribution in [0.4, 0.5) is 0 Å². The Balaban J connectivity index is 1.99. The van der Waals surface area contributed by atoms with Gasteiger partial charge in [-0.1, -0.05) is 26.0 Å². The molecule has 0 aliphatic heterocycles. The number of benzene rings is 1. The first-order valence-corrected chi connectivity index (χ1v) is 8.08. The smallest absolute Gasteiger partial charge is 0.308 e. The molecule has 1 aliphatic rings. The number of rotatable bonds is 8. The van der Waals surface area contributed by atoms with E-state index in [1.807, 2.05) is 31.2 Å². The van der Waals surface area contributed by atoms with Gasteiger partial charge in [-0.05, 0) is 37.0 Å². The number of methoxy groups -OCH3 is 1. The van der Waals surface area contributed by atoms with E-state index in [1.165, 1.54) is 0 Å². The summed E-state index contributed by atoms with van der Waals surface area (Å²) in [6.07, 6.45) is 2.61. The van der Waals surface area contributed by atoms with Crippen LogP contribution in [0.2, 0.25) is 0 Å². The summed E-state index contributed by atoms with van der Waals surface area (Å²) in [4.78, 5) is 25.6. The minimum atomic E-state index is -0.855. The molecule has 0 aromatic heterocycles. The van der Waals surface area contributed by atoms with Crippen molar-refractivity contribution in [1.82, 2.24) is 4.90 Å². The SMILES string of the molecule is COc1ccc(CC(C)C(=O)N(CC(C)C(=O)O)C2CC2)cc1. The monoisotopic (exact) mass is 319 g/mol. The summed E-state index contributed by atoms with van der Waals surface area (Å²) in [6.45, 7) is 3.86. The largest absolute Gasteiger partial charge is 0.497 e. The summed E-state index contributed by atoms with van der Waals surface area (Å²) in [5.41, 5.74) is 1.08. The van der Waals surface area contributed by atoms with Gasteiger partial charge in [0.1, 0.15) is 5.75 Å². The summed E-state index contributed by atoms with van der Waals surface area (Å²) >= 11 is 0. The Kier molecular flexibility index (Phi) is 5.64. The lowest BCUT2D eigenvalue weighted by molar-refractivity contribution is -0.144. The van der Waals surface area contributed by atoms with Crippen molar-refractivity contribution < 1.29 is 19.4 Å². The van der Waals surface area contributed by atoms with Crippen LogP contribution in [0.3, 0.4) is 0 Å². The standard InChI is InChI=1S/C18H25NO4/c1-12(10-14-4-8-16(23-3)9-5-14)17(20)19(15-6-7-15)11-13(2)18(21)22/h4-5,8-9,12-13,15H,6-7,10-11H2,1-3H3,(H,21,22). The van der Waals surface area contributed by atoms with Gasteiger partial charge in [-0.25, -0.2) is 0 Å². The Hall–Kier alpha value is -2.04. The first kappa shape index (κ1) is 17.3. The van der Waals surface area contributed by atoms with E-state index in [0.29, 0.717) is 13.0 Å². The molecular formula is C18H25NO4. The third kappa shape index (κ3) is 4.71. The highest BCUT2D eigenvalue weighted by Crippen LogP contribution is 2.29. The van der Waals surface area contributed by atoms with E-state index in [9.17, 15) is 9.59 Å². The highest BCUT2D eigenvalue weighted by atomic mass is 16.5. The van der Waals surface area contributed by atoms with Crippen LogP contribution in [0.1, 0.15) is 32.3 Å². The molecule has 1 N–H and O–H groups in total. The van der Waals surface area contributed by atoms with Gasteiger partial charge >= 0.3 is 5.97 Å². The average Bonchev–Trinajstić information content (AvgIpc) is 3.37. The zero-order valence-electron chi connectivity index (χ0n) is 14.0. The normalized spacial score (nSPS) is 16.5. The van der Waals surface area contributed by atoms with Crippen LogP contribution in [0, 0.1) is 11.8 Å². The molecule has 1 aromatic carbocycles. The number of ether oxygens (including phenoxy) is 1. The van der Waals surface area contributed by atoms with Crippen LogP contribution in [0.15, 0.2) is 24.3 Å². The van der Waals surface area contributed by atoms with Crippen LogP contribution in [0.5, 0.6) is 5.75 Å². The number of aliphatic carboxylic acids is 1. The van der Waals surface area contributed by atoms with Crippen LogP contribution in [-0.4, -0.2) is 41.6 Å². The highest BCUT2D eigenvalue weighted by Gasteiger charge is 2.36. The second-order valence-corrected chi connectivity index (χ2v) is 6.41. The van der Waals surface area contributed by atoms with Gasteiger partial charge < -0.3 is 14.7 Å². The van der Waals surface area contributed by atoms with Gasteiger partial charge in [0.05, 0.1) is 13.0 Å². The molecule has 1 saturated carbocycles. The van der Waals surface area contributed by atoms with E-state index in [4.69, 9.17) is 9.84 Å². The molecule has 126 valence electrons. The van der Waals surface area contributed by atoms with Gasteiger partial charge in [0.15, 0.2) is 0 Å². The molecule has 1 amide bonds. The molecule has 2 unspecified atom stereocenters. The molecule has 0 saturated heterocycles. The number of hydrogen-bond acceptors (Lipinski definition) is 3. The molecule has 2 rings (SSSR count). The zero-order valence-corrected chi connectivity index (χ0v) is 14.0. The minimum absolute atomic E-state index is 0.0522. The van der Waals surface area contributed by atoms with Gasteiger partial charge in [0, 0.05) is 18.5 Å². The first-order chi connectivity index (χ1) is 10.9. The zero-order chi connectivity index (χ0) is 17.0. The Morgan fingerprint density at radius 1 is 1.22 bits per heavy atom. The van der Waals surface area contributed by atoms with Crippen LogP contribution >= 0.6 is 0 Å². The molecule has 23 heavy (non-hydrogen) atoms. The summed E-state index contributed by atoms with van der Waals surface area (Å²) < 4.78 is 5.13. The lowest BCUT2D eigenvalue weighted by Crippen LogP contribution is -2.41. The number of carbonyl (C=O) groups is 2. The van der Waals surface area contributed by atoms with Gasteiger partial charge in [0.2, 0.25) is 5.91 Å². The van der Waals surface area contributed by atoms with E-state index < -0.39 is 11.9 Å². The molecule has 2 atom stereocenters. The molecule has 1 fully saturated rings. The Labute approximate surface area is 137 Å². The highest BCUT2D eigenvalue weighted by molar-refractivity contribution is 5.80. The van der Waals surface area contributed by atoms with Gasteiger partial charge in [-0.2, -0.15) is 0 Å². The van der Waals surface area contributed by atoms with Crippen molar-refractivity contribution in [1.29, 1.82) is 0 Å². The molecule has 5 heteroatoms. The van der Waals surface area contributed by atoms with E-state index in [2.05, 4.69) is 0 Å². The molecule has 0 radical (unpaired) electrons. The summed E-state index contributed by atoms with van der Waals surface area (Å²) in [5.74, 6) is -0.706. The summed E-state index contributed by atoms with van der Waals surface area (Å²) in [7, 11) is 1.62. The number of amides is 1. The van der Waals surface area contributed by atoms with E-state index in [0.717, 1.165) is 24.2 Å². The fourth-order valence-corrected chi connectivity index (χ4v) is 2.66. The minimum Gasteiger partial charge on any atom is -0.497 e. The van der Waals surface area contributed by atoms with Gasteiger partial charge in [-0.3, -0.25) is 9.59 Å². The Bertz CT molecular complexity index is 551. The maximum atomic E-state index is 12.7. The van der Waals surface area contributed by atoms with Crippen molar-refractivity contribution >= 4 is 11.9 Å². The lowest BCUT2D eigenvalue weighted by atomic mass is 9.99. The number of hydrogen-bond donors (Lipinski definition) is 1.